The topological polar surface area (TPSA) is 50.4 Å². The van der Waals surface area contributed by atoms with Crippen molar-refractivity contribution < 1.29 is 0 Å². The molecule has 0 radical (unpaired) electrons. The lowest BCUT2D eigenvalue weighted by molar-refractivity contribution is 0.471. The molecule has 1 aromatic rings. The summed E-state index contributed by atoms with van der Waals surface area (Å²) in [4.78, 5) is 0. The van der Waals surface area contributed by atoms with E-state index in [1.54, 1.807) is 0 Å². The van der Waals surface area contributed by atoms with Crippen molar-refractivity contribution in [2.45, 2.75) is 25.3 Å². The molecule has 1 saturated heterocycles. The van der Waals surface area contributed by atoms with Crippen molar-refractivity contribution in [3.8, 4) is 0 Å². The minimum absolute atomic E-state index is 0.325. The first-order valence-corrected chi connectivity index (χ1v) is 5.48. The second kappa shape index (κ2) is 4.94. The molecule has 2 rings (SSSR count). The van der Waals surface area contributed by atoms with Gasteiger partial charge in [-0.15, -0.1) is 0 Å². The molecule has 3 N–H and O–H groups in total. The van der Waals surface area contributed by atoms with Gasteiger partial charge in [-0.3, -0.25) is 0 Å². The lowest BCUT2D eigenvalue weighted by atomic mass is 9.96. The zero-order valence-corrected chi connectivity index (χ0v) is 8.82. The van der Waals surface area contributed by atoms with Crippen LogP contribution in [0.2, 0.25) is 0 Å². The normalized spacial score (nSPS) is 22.7. The molecule has 1 atom stereocenters. The van der Waals surface area contributed by atoms with Crippen molar-refractivity contribution in [2.24, 2.45) is 10.9 Å². The van der Waals surface area contributed by atoms with Crippen molar-refractivity contribution in [1.29, 1.82) is 0 Å². The van der Waals surface area contributed by atoms with E-state index in [0.29, 0.717) is 6.04 Å². The summed E-state index contributed by atoms with van der Waals surface area (Å²) in [5, 5.41) is 7.39. The van der Waals surface area contributed by atoms with Crippen LogP contribution in [0.4, 0.5) is 0 Å². The molecule has 1 aliphatic heterocycles. The Kier molecular flexibility index (Phi) is 3.35. The Labute approximate surface area is 90.4 Å². The fraction of sp³-hybridized carbons (Fsp3) is 0.417. The maximum absolute atomic E-state index is 5.48. The monoisotopic (exact) mass is 203 g/mol. The maximum atomic E-state index is 5.48. The summed E-state index contributed by atoms with van der Waals surface area (Å²) in [5.74, 6) is 5.48. The molecule has 0 amide bonds. The highest BCUT2D eigenvalue weighted by Crippen LogP contribution is 2.13. The molecule has 1 aliphatic rings. The van der Waals surface area contributed by atoms with Gasteiger partial charge >= 0.3 is 0 Å². The van der Waals surface area contributed by atoms with Gasteiger partial charge in [-0.25, -0.2) is 0 Å². The number of nitrogens with one attached hydrogen (secondary N) is 1. The van der Waals surface area contributed by atoms with Crippen LogP contribution in [-0.2, 0) is 0 Å². The molecule has 0 aliphatic carbocycles. The van der Waals surface area contributed by atoms with Crippen LogP contribution < -0.4 is 11.2 Å². The summed E-state index contributed by atoms with van der Waals surface area (Å²) < 4.78 is 0. The number of nitrogens with zero attached hydrogens (tertiary/aromatic N) is 1. The van der Waals surface area contributed by atoms with E-state index in [4.69, 9.17) is 5.84 Å². The second-order valence-corrected chi connectivity index (χ2v) is 3.88. The van der Waals surface area contributed by atoms with Crippen molar-refractivity contribution in [3.05, 3.63) is 35.9 Å². The first-order valence-electron chi connectivity index (χ1n) is 5.48. The Balaban J connectivity index is 2.17. The summed E-state index contributed by atoms with van der Waals surface area (Å²) in [6.45, 7) is 1.07. The zero-order valence-electron chi connectivity index (χ0n) is 8.82. The largest absolute Gasteiger partial charge is 0.323 e. The van der Waals surface area contributed by atoms with Gasteiger partial charge in [0.05, 0.1) is 11.8 Å². The average Bonchev–Trinajstić information content (AvgIpc) is 2.33. The Morgan fingerprint density at radius 2 is 2.07 bits per heavy atom. The molecule has 3 heteroatoms. The van der Waals surface area contributed by atoms with Gasteiger partial charge < -0.3 is 11.2 Å². The Morgan fingerprint density at radius 1 is 1.27 bits per heavy atom. The molecule has 1 unspecified atom stereocenters. The fourth-order valence-corrected chi connectivity index (χ4v) is 2.06. The van der Waals surface area contributed by atoms with Crippen molar-refractivity contribution in [3.63, 3.8) is 0 Å². The SMILES string of the molecule is NN=C(c1ccccc1)C1CCCCN1. The van der Waals surface area contributed by atoms with Crippen LogP contribution in [0.5, 0.6) is 0 Å². The molecule has 1 fully saturated rings. The number of piperidine rings is 1. The predicted octanol–water partition coefficient (Wildman–Crippen LogP) is 1.49. The minimum Gasteiger partial charge on any atom is -0.323 e. The molecule has 0 spiro atoms. The highest BCUT2D eigenvalue weighted by Gasteiger charge is 2.19. The number of rotatable bonds is 2. The van der Waals surface area contributed by atoms with E-state index >= 15 is 0 Å². The standard InChI is InChI=1S/C12H17N3/c13-15-12(10-6-2-1-3-7-10)11-8-4-5-9-14-11/h1-3,6-7,11,14H,4-5,8-9,13H2. The summed E-state index contributed by atoms with van der Waals surface area (Å²) in [7, 11) is 0. The Bertz CT molecular complexity index is 326. The number of hydrogen-bond acceptors (Lipinski definition) is 3. The smallest absolute Gasteiger partial charge is 0.0841 e. The number of hydrazone groups is 1. The van der Waals surface area contributed by atoms with Gasteiger partial charge in [0, 0.05) is 0 Å². The van der Waals surface area contributed by atoms with Gasteiger partial charge in [-0.05, 0) is 24.9 Å². The lowest BCUT2D eigenvalue weighted by Gasteiger charge is -2.24. The molecule has 80 valence electrons. The molecule has 3 nitrogen and oxygen atoms in total. The van der Waals surface area contributed by atoms with Crippen LogP contribution in [0.15, 0.2) is 35.4 Å². The molecule has 1 heterocycles. The van der Waals surface area contributed by atoms with Crippen LogP contribution in [0.1, 0.15) is 24.8 Å². The lowest BCUT2D eigenvalue weighted by Crippen LogP contribution is -2.41. The van der Waals surface area contributed by atoms with Gasteiger partial charge in [-0.1, -0.05) is 36.8 Å². The summed E-state index contributed by atoms with van der Waals surface area (Å²) >= 11 is 0. The molecule has 0 bridgehead atoms. The molecule has 1 aromatic carbocycles. The summed E-state index contributed by atoms with van der Waals surface area (Å²) in [5.41, 5.74) is 2.11. The van der Waals surface area contributed by atoms with Gasteiger partial charge in [0.2, 0.25) is 0 Å². The van der Waals surface area contributed by atoms with Crippen LogP contribution in [0.25, 0.3) is 0 Å². The van der Waals surface area contributed by atoms with E-state index < -0.39 is 0 Å². The fourth-order valence-electron chi connectivity index (χ4n) is 2.06. The Morgan fingerprint density at radius 3 is 2.67 bits per heavy atom. The van der Waals surface area contributed by atoms with E-state index in [0.717, 1.165) is 24.2 Å². The number of benzene rings is 1. The number of nitrogens with two attached hydrogens (primary N) is 1. The zero-order chi connectivity index (χ0) is 10.5. The van der Waals surface area contributed by atoms with E-state index in [9.17, 15) is 0 Å². The summed E-state index contributed by atoms with van der Waals surface area (Å²) in [6, 6.07) is 10.5. The minimum atomic E-state index is 0.325. The van der Waals surface area contributed by atoms with Crippen LogP contribution in [-0.4, -0.2) is 18.3 Å². The Hall–Kier alpha value is -1.35. The molecule has 0 saturated carbocycles. The van der Waals surface area contributed by atoms with E-state index in [2.05, 4.69) is 22.6 Å². The molecular formula is C12H17N3. The van der Waals surface area contributed by atoms with Crippen LogP contribution >= 0.6 is 0 Å². The van der Waals surface area contributed by atoms with Crippen molar-refractivity contribution in [2.75, 3.05) is 6.54 Å². The quantitative estimate of drug-likeness (QED) is 0.434. The molecular weight excluding hydrogens is 186 g/mol. The first-order chi connectivity index (χ1) is 7.42. The third kappa shape index (κ3) is 2.36. The third-order valence-corrected chi connectivity index (χ3v) is 2.85. The number of hydrogen-bond donors (Lipinski definition) is 2. The van der Waals surface area contributed by atoms with Crippen molar-refractivity contribution in [1.82, 2.24) is 5.32 Å². The van der Waals surface area contributed by atoms with Crippen LogP contribution in [0.3, 0.4) is 0 Å². The second-order valence-electron chi connectivity index (χ2n) is 3.88. The van der Waals surface area contributed by atoms with E-state index in [1.807, 2.05) is 18.2 Å². The maximum Gasteiger partial charge on any atom is 0.0841 e. The van der Waals surface area contributed by atoms with Crippen molar-refractivity contribution >= 4 is 5.71 Å². The predicted molar refractivity (Wildman–Crippen MR) is 62.8 cm³/mol. The highest BCUT2D eigenvalue weighted by molar-refractivity contribution is 6.04. The first kappa shape index (κ1) is 10.2. The molecule has 0 aromatic heterocycles. The van der Waals surface area contributed by atoms with Gasteiger partial charge in [0.15, 0.2) is 0 Å². The van der Waals surface area contributed by atoms with Gasteiger partial charge in [-0.2, -0.15) is 5.10 Å². The highest BCUT2D eigenvalue weighted by atomic mass is 15.1. The van der Waals surface area contributed by atoms with E-state index in [1.165, 1.54) is 12.8 Å². The van der Waals surface area contributed by atoms with Crippen LogP contribution in [0, 0.1) is 0 Å². The third-order valence-electron chi connectivity index (χ3n) is 2.85. The van der Waals surface area contributed by atoms with Gasteiger partial charge in [0.25, 0.3) is 0 Å². The van der Waals surface area contributed by atoms with Gasteiger partial charge in [0.1, 0.15) is 0 Å². The average molecular weight is 203 g/mol. The molecule has 15 heavy (non-hydrogen) atoms. The summed E-state index contributed by atoms with van der Waals surface area (Å²) in [6.07, 6.45) is 3.64. The van der Waals surface area contributed by atoms with E-state index in [-0.39, 0.29) is 0 Å².